The van der Waals surface area contributed by atoms with Crippen molar-refractivity contribution in [3.05, 3.63) is 11.7 Å². The van der Waals surface area contributed by atoms with Crippen LogP contribution in [0.4, 0.5) is 0 Å². The molecule has 0 bridgehead atoms. The van der Waals surface area contributed by atoms with Gasteiger partial charge in [-0.1, -0.05) is 19.0 Å². The van der Waals surface area contributed by atoms with Crippen LogP contribution < -0.4 is 5.32 Å². The van der Waals surface area contributed by atoms with Crippen molar-refractivity contribution in [3.8, 4) is 0 Å². The van der Waals surface area contributed by atoms with Gasteiger partial charge in [0.2, 0.25) is 5.89 Å². The van der Waals surface area contributed by atoms with E-state index in [4.69, 9.17) is 9.63 Å². The SMILES string of the molecule is Cc1noc(CN[C@@H](CCO)C(C)C)n1. The highest BCUT2D eigenvalue weighted by Gasteiger charge is 2.13. The van der Waals surface area contributed by atoms with Gasteiger partial charge in [-0.15, -0.1) is 0 Å². The lowest BCUT2D eigenvalue weighted by molar-refractivity contribution is 0.238. The average Bonchev–Trinajstić information content (AvgIpc) is 2.58. The Morgan fingerprint density at radius 3 is 2.67 bits per heavy atom. The molecule has 2 N–H and O–H groups in total. The molecule has 1 heterocycles. The van der Waals surface area contributed by atoms with Crippen LogP contribution in [-0.2, 0) is 6.54 Å². The zero-order valence-corrected chi connectivity index (χ0v) is 9.53. The zero-order chi connectivity index (χ0) is 11.3. The summed E-state index contributed by atoms with van der Waals surface area (Å²) in [6, 6.07) is 0.280. The lowest BCUT2D eigenvalue weighted by Gasteiger charge is -2.20. The van der Waals surface area contributed by atoms with Crippen LogP contribution in [0.5, 0.6) is 0 Å². The summed E-state index contributed by atoms with van der Waals surface area (Å²) in [5.74, 6) is 1.72. The van der Waals surface area contributed by atoms with Crippen molar-refractivity contribution < 1.29 is 9.63 Å². The van der Waals surface area contributed by atoms with Crippen molar-refractivity contribution in [2.75, 3.05) is 6.61 Å². The Balaban J connectivity index is 2.39. The Hall–Kier alpha value is -0.940. The van der Waals surface area contributed by atoms with Gasteiger partial charge in [0.1, 0.15) is 0 Å². The minimum atomic E-state index is 0.193. The third-order valence-electron chi connectivity index (χ3n) is 2.33. The summed E-state index contributed by atoms with van der Waals surface area (Å²) in [5, 5.41) is 15.9. The number of aromatic nitrogens is 2. The number of nitrogens with one attached hydrogen (secondary N) is 1. The molecular formula is C10H19N3O2. The van der Waals surface area contributed by atoms with Crippen LogP contribution in [0.3, 0.4) is 0 Å². The van der Waals surface area contributed by atoms with Crippen LogP contribution in [0.15, 0.2) is 4.52 Å². The van der Waals surface area contributed by atoms with E-state index >= 15 is 0 Å². The highest BCUT2D eigenvalue weighted by Crippen LogP contribution is 2.06. The number of aryl methyl sites for hydroxylation is 1. The highest BCUT2D eigenvalue weighted by atomic mass is 16.5. The summed E-state index contributed by atoms with van der Waals surface area (Å²) in [7, 11) is 0. The summed E-state index contributed by atoms with van der Waals surface area (Å²) < 4.78 is 4.99. The van der Waals surface area contributed by atoms with Crippen molar-refractivity contribution >= 4 is 0 Å². The maximum absolute atomic E-state index is 8.90. The van der Waals surface area contributed by atoms with Crippen LogP contribution in [0.1, 0.15) is 32.0 Å². The van der Waals surface area contributed by atoms with Crippen molar-refractivity contribution in [2.24, 2.45) is 5.92 Å². The molecule has 5 nitrogen and oxygen atoms in total. The summed E-state index contributed by atoms with van der Waals surface area (Å²) in [6.07, 6.45) is 0.741. The van der Waals surface area contributed by atoms with Gasteiger partial charge in [-0.05, 0) is 19.3 Å². The first-order valence-corrected chi connectivity index (χ1v) is 5.27. The number of hydrogen-bond acceptors (Lipinski definition) is 5. The molecule has 0 fully saturated rings. The van der Waals surface area contributed by atoms with Gasteiger partial charge in [-0.2, -0.15) is 4.98 Å². The van der Waals surface area contributed by atoms with Gasteiger partial charge in [0.25, 0.3) is 0 Å². The topological polar surface area (TPSA) is 71.2 Å². The first-order chi connectivity index (χ1) is 7.13. The zero-order valence-electron chi connectivity index (χ0n) is 9.53. The standard InChI is InChI=1S/C10H19N3O2/c1-7(2)9(4-5-14)11-6-10-12-8(3)13-15-10/h7,9,11,14H,4-6H2,1-3H3/t9-/m0/s1. The van der Waals surface area contributed by atoms with E-state index < -0.39 is 0 Å². The Bertz CT molecular complexity index is 286. The quantitative estimate of drug-likeness (QED) is 0.733. The van der Waals surface area contributed by atoms with Crippen LogP contribution >= 0.6 is 0 Å². The van der Waals surface area contributed by atoms with Crippen molar-refractivity contribution in [3.63, 3.8) is 0 Å². The summed E-state index contributed by atoms with van der Waals surface area (Å²) in [6.45, 7) is 6.78. The van der Waals surface area contributed by atoms with Crippen LogP contribution in [-0.4, -0.2) is 27.9 Å². The van der Waals surface area contributed by atoms with Crippen LogP contribution in [0.2, 0.25) is 0 Å². The molecule has 0 aliphatic carbocycles. The number of aliphatic hydroxyl groups is 1. The summed E-state index contributed by atoms with van der Waals surface area (Å²) in [4.78, 5) is 4.10. The van der Waals surface area contributed by atoms with E-state index in [0.717, 1.165) is 6.42 Å². The molecule has 0 saturated heterocycles. The highest BCUT2D eigenvalue weighted by molar-refractivity contribution is 4.83. The van der Waals surface area contributed by atoms with Crippen LogP contribution in [0.25, 0.3) is 0 Å². The molecule has 1 atom stereocenters. The average molecular weight is 213 g/mol. The lowest BCUT2D eigenvalue weighted by Crippen LogP contribution is -2.34. The van der Waals surface area contributed by atoms with Gasteiger partial charge < -0.3 is 14.9 Å². The molecule has 1 aromatic heterocycles. The maximum atomic E-state index is 8.90. The van der Waals surface area contributed by atoms with Crippen LogP contribution in [0, 0.1) is 12.8 Å². The molecule has 0 radical (unpaired) electrons. The molecule has 1 aromatic rings. The third-order valence-corrected chi connectivity index (χ3v) is 2.33. The number of aliphatic hydroxyl groups excluding tert-OH is 1. The molecule has 0 aromatic carbocycles. The predicted octanol–water partition coefficient (Wildman–Crippen LogP) is 0.875. The molecular weight excluding hydrogens is 194 g/mol. The minimum absolute atomic E-state index is 0.193. The maximum Gasteiger partial charge on any atom is 0.240 e. The second-order valence-corrected chi connectivity index (χ2v) is 3.98. The van der Waals surface area contributed by atoms with E-state index in [1.165, 1.54) is 0 Å². The van der Waals surface area contributed by atoms with Gasteiger partial charge in [0.15, 0.2) is 5.82 Å². The second kappa shape index (κ2) is 5.82. The monoisotopic (exact) mass is 213 g/mol. The molecule has 0 aliphatic heterocycles. The molecule has 86 valence electrons. The molecule has 0 unspecified atom stereocenters. The van der Waals surface area contributed by atoms with E-state index in [-0.39, 0.29) is 12.6 Å². The van der Waals surface area contributed by atoms with Gasteiger partial charge >= 0.3 is 0 Å². The van der Waals surface area contributed by atoms with E-state index in [0.29, 0.717) is 24.2 Å². The fourth-order valence-corrected chi connectivity index (χ4v) is 1.44. The van der Waals surface area contributed by atoms with E-state index in [1.807, 2.05) is 0 Å². The van der Waals surface area contributed by atoms with Gasteiger partial charge in [0.05, 0.1) is 6.54 Å². The lowest BCUT2D eigenvalue weighted by atomic mass is 10.0. The van der Waals surface area contributed by atoms with Gasteiger partial charge in [-0.3, -0.25) is 0 Å². The predicted molar refractivity (Wildman–Crippen MR) is 56.2 cm³/mol. The molecule has 1 rings (SSSR count). The Morgan fingerprint density at radius 2 is 2.20 bits per heavy atom. The largest absolute Gasteiger partial charge is 0.396 e. The number of rotatable bonds is 6. The Labute approximate surface area is 89.9 Å². The van der Waals surface area contributed by atoms with Crippen molar-refractivity contribution in [1.29, 1.82) is 0 Å². The molecule has 0 saturated carbocycles. The molecule has 15 heavy (non-hydrogen) atoms. The van der Waals surface area contributed by atoms with Gasteiger partial charge in [0, 0.05) is 12.6 Å². The minimum Gasteiger partial charge on any atom is -0.396 e. The summed E-state index contributed by atoms with van der Waals surface area (Å²) >= 11 is 0. The van der Waals surface area contributed by atoms with E-state index in [1.54, 1.807) is 6.92 Å². The fraction of sp³-hybridized carbons (Fsp3) is 0.800. The number of hydrogen-bond donors (Lipinski definition) is 2. The summed E-state index contributed by atoms with van der Waals surface area (Å²) in [5.41, 5.74) is 0. The Morgan fingerprint density at radius 1 is 1.47 bits per heavy atom. The normalized spacial score (nSPS) is 13.4. The molecule has 0 amide bonds. The fourth-order valence-electron chi connectivity index (χ4n) is 1.44. The number of nitrogens with zero attached hydrogens (tertiary/aromatic N) is 2. The smallest absolute Gasteiger partial charge is 0.240 e. The Kier molecular flexibility index (Phi) is 4.71. The van der Waals surface area contributed by atoms with E-state index in [9.17, 15) is 0 Å². The molecule has 5 heteroatoms. The third kappa shape index (κ3) is 3.97. The first-order valence-electron chi connectivity index (χ1n) is 5.27. The van der Waals surface area contributed by atoms with Crippen molar-refractivity contribution in [2.45, 2.75) is 39.8 Å². The second-order valence-electron chi connectivity index (χ2n) is 3.98. The van der Waals surface area contributed by atoms with E-state index in [2.05, 4.69) is 29.3 Å². The molecule has 0 spiro atoms. The van der Waals surface area contributed by atoms with Crippen molar-refractivity contribution in [1.82, 2.24) is 15.5 Å². The first kappa shape index (κ1) is 12.1. The van der Waals surface area contributed by atoms with Gasteiger partial charge in [-0.25, -0.2) is 0 Å². The molecule has 0 aliphatic rings.